The van der Waals surface area contributed by atoms with Gasteiger partial charge in [0, 0.05) is 18.1 Å². The van der Waals surface area contributed by atoms with E-state index in [-0.39, 0.29) is 0 Å². The Kier molecular flexibility index (Phi) is 3.00. The Morgan fingerprint density at radius 3 is 2.74 bits per heavy atom. The van der Waals surface area contributed by atoms with Crippen LogP contribution in [0.2, 0.25) is 0 Å². The lowest BCUT2D eigenvalue weighted by atomic mass is 10.1. The number of aryl methyl sites for hydroxylation is 2. The third-order valence-corrected chi connectivity index (χ3v) is 3.88. The van der Waals surface area contributed by atoms with Gasteiger partial charge < -0.3 is 10.5 Å². The van der Waals surface area contributed by atoms with Crippen LogP contribution in [0.1, 0.15) is 16.8 Å². The molecule has 2 heterocycles. The molecule has 0 spiro atoms. The van der Waals surface area contributed by atoms with Gasteiger partial charge in [-0.2, -0.15) is 4.98 Å². The number of para-hydroxylation sites is 1. The highest BCUT2D eigenvalue weighted by Gasteiger charge is 2.15. The zero-order valence-electron chi connectivity index (χ0n) is 10.9. The summed E-state index contributed by atoms with van der Waals surface area (Å²) in [6.07, 6.45) is 1.97. The molecule has 0 unspecified atom stereocenters. The van der Waals surface area contributed by atoms with Gasteiger partial charge in [-0.1, -0.05) is 18.2 Å². The number of fused-ring (bicyclic) bond motifs is 1. The predicted molar refractivity (Wildman–Crippen MR) is 77.0 cm³/mol. The average molecular weight is 273 g/mol. The molecule has 2 aromatic heterocycles. The molecular weight excluding hydrogens is 258 g/mol. The van der Waals surface area contributed by atoms with Crippen molar-refractivity contribution in [3.63, 3.8) is 0 Å². The Labute approximate surface area is 115 Å². The summed E-state index contributed by atoms with van der Waals surface area (Å²) in [6.45, 7) is 4.46. The Hall–Kier alpha value is -1.85. The fourth-order valence-electron chi connectivity index (χ4n) is 2.14. The summed E-state index contributed by atoms with van der Waals surface area (Å²) < 4.78 is 7.98. The van der Waals surface area contributed by atoms with Crippen LogP contribution in [-0.2, 0) is 6.54 Å². The number of nitrogens with two attached hydrogens (primary N) is 1. The van der Waals surface area contributed by atoms with Crippen molar-refractivity contribution in [2.24, 2.45) is 5.73 Å². The molecule has 0 radical (unpaired) electrons. The summed E-state index contributed by atoms with van der Waals surface area (Å²) in [6, 6.07) is 6.08. The molecule has 98 valence electrons. The highest BCUT2D eigenvalue weighted by Crippen LogP contribution is 2.31. The Bertz CT molecular complexity index is 709. The molecule has 0 saturated carbocycles. The highest BCUT2D eigenvalue weighted by molar-refractivity contribution is 7.15. The molecule has 4 nitrogen and oxygen atoms in total. The molecule has 5 heteroatoms. The maximum atomic E-state index is 6.00. The maximum Gasteiger partial charge on any atom is 0.243 e. The second-order valence-electron chi connectivity index (χ2n) is 4.45. The topological polar surface area (TPSA) is 52.5 Å². The summed E-state index contributed by atoms with van der Waals surface area (Å²) in [7, 11) is 0. The second-order valence-corrected chi connectivity index (χ2v) is 5.32. The fourth-order valence-corrected chi connectivity index (χ4v) is 2.86. The van der Waals surface area contributed by atoms with Gasteiger partial charge in [-0.25, -0.2) is 0 Å². The van der Waals surface area contributed by atoms with Crippen LogP contribution in [-0.4, -0.2) is 9.38 Å². The fraction of sp³-hybridized carbons (Fsp3) is 0.214. The van der Waals surface area contributed by atoms with Crippen molar-refractivity contribution in [3.05, 3.63) is 46.6 Å². The SMILES string of the molecule is Cc1cccc(C)c1Oc1nc2sccn2c1CN. The largest absolute Gasteiger partial charge is 0.437 e. The van der Waals surface area contributed by atoms with Crippen molar-refractivity contribution in [3.8, 4) is 11.6 Å². The number of thiazole rings is 1. The smallest absolute Gasteiger partial charge is 0.243 e. The number of benzene rings is 1. The normalized spacial score (nSPS) is 11.1. The van der Waals surface area contributed by atoms with Crippen LogP contribution in [0.3, 0.4) is 0 Å². The van der Waals surface area contributed by atoms with E-state index in [0.717, 1.165) is 27.5 Å². The van der Waals surface area contributed by atoms with Crippen molar-refractivity contribution >= 4 is 16.3 Å². The summed E-state index contributed by atoms with van der Waals surface area (Å²) in [5, 5.41) is 1.99. The number of ether oxygens (including phenoxy) is 1. The van der Waals surface area contributed by atoms with Crippen LogP contribution in [0.25, 0.3) is 4.96 Å². The number of rotatable bonds is 3. The molecule has 3 rings (SSSR count). The minimum absolute atomic E-state index is 0.401. The predicted octanol–water partition coefficient (Wildman–Crippen LogP) is 3.26. The molecule has 1 aromatic carbocycles. The van der Waals surface area contributed by atoms with Gasteiger partial charge in [-0.05, 0) is 25.0 Å². The van der Waals surface area contributed by atoms with Crippen molar-refractivity contribution in [2.75, 3.05) is 0 Å². The molecule has 19 heavy (non-hydrogen) atoms. The molecule has 2 N–H and O–H groups in total. The van der Waals surface area contributed by atoms with E-state index in [1.807, 2.05) is 48.0 Å². The van der Waals surface area contributed by atoms with E-state index in [0.29, 0.717) is 12.4 Å². The molecular formula is C14H15N3OS. The number of nitrogens with zero attached hydrogens (tertiary/aromatic N) is 2. The van der Waals surface area contributed by atoms with E-state index < -0.39 is 0 Å². The molecule has 0 aliphatic carbocycles. The maximum absolute atomic E-state index is 6.00. The van der Waals surface area contributed by atoms with Crippen molar-refractivity contribution in [1.82, 2.24) is 9.38 Å². The minimum Gasteiger partial charge on any atom is -0.437 e. The molecule has 3 aromatic rings. The molecule has 0 saturated heterocycles. The van der Waals surface area contributed by atoms with Crippen LogP contribution in [0.5, 0.6) is 11.6 Å². The first kappa shape index (κ1) is 12.2. The molecule has 0 aliphatic heterocycles. The standard InChI is InChI=1S/C14H15N3OS/c1-9-4-3-5-10(2)12(9)18-13-11(8-15)17-6-7-19-14(17)16-13/h3-7H,8,15H2,1-2H3. The Morgan fingerprint density at radius 1 is 1.32 bits per heavy atom. The Morgan fingerprint density at radius 2 is 2.05 bits per heavy atom. The third kappa shape index (κ3) is 2.01. The zero-order chi connectivity index (χ0) is 13.4. The van der Waals surface area contributed by atoms with Crippen molar-refractivity contribution < 1.29 is 4.74 Å². The molecule has 0 aliphatic rings. The first-order valence-electron chi connectivity index (χ1n) is 6.09. The average Bonchev–Trinajstić information content (AvgIpc) is 2.93. The first-order chi connectivity index (χ1) is 9.20. The summed E-state index contributed by atoms with van der Waals surface area (Å²) in [4.78, 5) is 5.40. The Balaban J connectivity index is 2.08. The van der Waals surface area contributed by atoms with Gasteiger partial charge in [0.15, 0.2) is 4.96 Å². The van der Waals surface area contributed by atoms with E-state index >= 15 is 0 Å². The monoisotopic (exact) mass is 273 g/mol. The van der Waals surface area contributed by atoms with Crippen LogP contribution in [0.15, 0.2) is 29.8 Å². The summed E-state index contributed by atoms with van der Waals surface area (Å²) in [5.41, 5.74) is 8.91. The minimum atomic E-state index is 0.401. The van der Waals surface area contributed by atoms with Gasteiger partial charge >= 0.3 is 0 Å². The molecule has 0 fully saturated rings. The van der Waals surface area contributed by atoms with Gasteiger partial charge in [0.05, 0.1) is 0 Å². The van der Waals surface area contributed by atoms with Gasteiger partial charge in [0.25, 0.3) is 0 Å². The van der Waals surface area contributed by atoms with Crippen molar-refractivity contribution in [2.45, 2.75) is 20.4 Å². The van der Waals surface area contributed by atoms with Gasteiger partial charge in [-0.15, -0.1) is 11.3 Å². The summed E-state index contributed by atoms with van der Waals surface area (Å²) >= 11 is 1.57. The zero-order valence-corrected chi connectivity index (χ0v) is 11.7. The number of imidazole rings is 1. The number of hydrogen-bond acceptors (Lipinski definition) is 4. The van der Waals surface area contributed by atoms with E-state index in [9.17, 15) is 0 Å². The molecule has 0 atom stereocenters. The van der Waals surface area contributed by atoms with Crippen LogP contribution < -0.4 is 10.5 Å². The quantitative estimate of drug-likeness (QED) is 0.797. The van der Waals surface area contributed by atoms with Gasteiger partial charge in [0.2, 0.25) is 5.88 Å². The van der Waals surface area contributed by atoms with E-state index in [4.69, 9.17) is 10.5 Å². The summed E-state index contributed by atoms with van der Waals surface area (Å²) in [5.74, 6) is 1.47. The lowest BCUT2D eigenvalue weighted by molar-refractivity contribution is 0.452. The van der Waals surface area contributed by atoms with Crippen LogP contribution in [0.4, 0.5) is 0 Å². The van der Waals surface area contributed by atoms with Crippen LogP contribution in [0, 0.1) is 13.8 Å². The van der Waals surface area contributed by atoms with Gasteiger partial charge in [0.1, 0.15) is 11.4 Å². The number of aromatic nitrogens is 2. The van der Waals surface area contributed by atoms with E-state index in [1.165, 1.54) is 0 Å². The molecule has 0 amide bonds. The van der Waals surface area contributed by atoms with E-state index in [1.54, 1.807) is 11.3 Å². The lowest BCUT2D eigenvalue weighted by Gasteiger charge is -2.10. The van der Waals surface area contributed by atoms with Gasteiger partial charge in [-0.3, -0.25) is 4.40 Å². The van der Waals surface area contributed by atoms with E-state index in [2.05, 4.69) is 4.98 Å². The first-order valence-corrected chi connectivity index (χ1v) is 6.97. The third-order valence-electron chi connectivity index (χ3n) is 3.13. The lowest BCUT2D eigenvalue weighted by Crippen LogP contribution is -2.02. The highest BCUT2D eigenvalue weighted by atomic mass is 32.1. The van der Waals surface area contributed by atoms with Crippen molar-refractivity contribution in [1.29, 1.82) is 0 Å². The molecule has 0 bridgehead atoms. The number of hydrogen-bond donors (Lipinski definition) is 1. The van der Waals surface area contributed by atoms with Crippen LogP contribution >= 0.6 is 11.3 Å². The second kappa shape index (κ2) is 4.68.